The summed E-state index contributed by atoms with van der Waals surface area (Å²) in [5, 5.41) is 5.81. The molecule has 2 N–H and O–H groups in total. The molecule has 0 aliphatic rings. The number of nitrogens with zero attached hydrogens (tertiary/aromatic N) is 2. The first-order valence-corrected chi connectivity index (χ1v) is 5.28. The van der Waals surface area contributed by atoms with Crippen LogP contribution in [0.2, 0.25) is 0 Å². The Balaban J connectivity index is -0.000000208. The molecule has 4 nitrogen and oxygen atoms in total. The molecule has 0 rings (SSSR count). The molecule has 0 aromatic rings. The minimum atomic E-state index is 0. The Hall–Kier alpha value is -0.160. The van der Waals surface area contributed by atoms with Gasteiger partial charge in [-0.15, -0.1) is 0 Å². The molecule has 0 aliphatic heterocycles. The van der Waals surface area contributed by atoms with E-state index in [9.17, 15) is 0 Å². The molecule has 0 fully saturated rings. The van der Waals surface area contributed by atoms with Crippen LogP contribution in [-0.4, -0.2) is 64.4 Å². The van der Waals surface area contributed by atoms with Crippen LogP contribution >= 0.6 is 0 Å². The predicted molar refractivity (Wildman–Crippen MR) is 71.2 cm³/mol. The van der Waals surface area contributed by atoms with Crippen LogP contribution in [0.1, 0.15) is 21.3 Å². The Kier molecular flexibility index (Phi) is 22.0. The molecule has 0 aliphatic carbocycles. The SMILES string of the molecule is C.CCN(CC)CN(C)C.CNCNC. The van der Waals surface area contributed by atoms with Crippen molar-refractivity contribution in [2.75, 3.05) is 54.6 Å². The number of hydrogen-bond donors (Lipinski definition) is 2. The van der Waals surface area contributed by atoms with Crippen molar-refractivity contribution >= 4 is 0 Å². The highest BCUT2D eigenvalue weighted by molar-refractivity contribution is 4.47. The largest absolute Gasteiger partial charge is 0.308 e. The van der Waals surface area contributed by atoms with Gasteiger partial charge in [0.25, 0.3) is 0 Å². The van der Waals surface area contributed by atoms with Gasteiger partial charge in [-0.1, -0.05) is 21.3 Å². The summed E-state index contributed by atoms with van der Waals surface area (Å²) in [4.78, 5) is 4.56. The molecule has 0 spiro atoms. The minimum absolute atomic E-state index is 0. The molecule has 15 heavy (non-hydrogen) atoms. The number of rotatable bonds is 6. The molecular formula is C11H32N4. The van der Waals surface area contributed by atoms with Crippen molar-refractivity contribution in [1.29, 1.82) is 0 Å². The van der Waals surface area contributed by atoms with Gasteiger partial charge in [0.15, 0.2) is 0 Å². The Morgan fingerprint density at radius 1 is 0.933 bits per heavy atom. The minimum Gasteiger partial charge on any atom is -0.308 e. The maximum atomic E-state index is 2.91. The molecule has 96 valence electrons. The van der Waals surface area contributed by atoms with E-state index >= 15 is 0 Å². The molecule has 0 atom stereocenters. The third-order valence-electron chi connectivity index (χ3n) is 1.73. The van der Waals surface area contributed by atoms with Crippen molar-refractivity contribution in [3.63, 3.8) is 0 Å². The zero-order valence-corrected chi connectivity index (χ0v) is 10.7. The van der Waals surface area contributed by atoms with Gasteiger partial charge in [0, 0.05) is 13.3 Å². The van der Waals surface area contributed by atoms with Crippen molar-refractivity contribution in [2.24, 2.45) is 0 Å². The first kappa shape index (κ1) is 20.3. The van der Waals surface area contributed by atoms with Crippen LogP contribution in [0.3, 0.4) is 0 Å². The molecule has 0 bridgehead atoms. The first-order chi connectivity index (χ1) is 6.62. The lowest BCUT2D eigenvalue weighted by Gasteiger charge is -2.22. The number of nitrogens with one attached hydrogen (secondary N) is 2. The molecule has 0 unspecified atom stereocenters. The number of hydrogen-bond acceptors (Lipinski definition) is 4. The van der Waals surface area contributed by atoms with Crippen molar-refractivity contribution in [2.45, 2.75) is 21.3 Å². The lowest BCUT2D eigenvalue weighted by atomic mass is 10.5. The second kappa shape index (κ2) is 16.3. The van der Waals surface area contributed by atoms with Gasteiger partial charge >= 0.3 is 0 Å². The van der Waals surface area contributed by atoms with Crippen LogP contribution in [0.4, 0.5) is 0 Å². The zero-order valence-electron chi connectivity index (χ0n) is 10.7. The summed E-state index contributed by atoms with van der Waals surface area (Å²) in [6.45, 7) is 8.64. The fourth-order valence-electron chi connectivity index (χ4n) is 1.00. The zero-order chi connectivity index (χ0) is 11.4. The summed E-state index contributed by atoms with van der Waals surface area (Å²) >= 11 is 0. The normalized spacial score (nSPS) is 9.60. The topological polar surface area (TPSA) is 30.5 Å². The van der Waals surface area contributed by atoms with Crippen molar-refractivity contribution in [3.8, 4) is 0 Å². The first-order valence-electron chi connectivity index (χ1n) is 5.28. The highest BCUT2D eigenvalue weighted by atomic mass is 15.3. The highest BCUT2D eigenvalue weighted by Crippen LogP contribution is 1.86. The molecule has 0 heterocycles. The molecule has 0 aromatic heterocycles. The van der Waals surface area contributed by atoms with Gasteiger partial charge in [0.05, 0.1) is 0 Å². The van der Waals surface area contributed by atoms with Crippen molar-refractivity contribution < 1.29 is 0 Å². The Labute approximate surface area is 97.0 Å². The summed E-state index contributed by atoms with van der Waals surface area (Å²) in [6.07, 6.45) is 0. The van der Waals surface area contributed by atoms with E-state index < -0.39 is 0 Å². The van der Waals surface area contributed by atoms with E-state index in [1.54, 1.807) is 0 Å². The van der Waals surface area contributed by atoms with Gasteiger partial charge in [-0.3, -0.25) is 9.80 Å². The van der Waals surface area contributed by atoms with Gasteiger partial charge in [0.2, 0.25) is 0 Å². The van der Waals surface area contributed by atoms with E-state index in [1.807, 2.05) is 14.1 Å². The molecule has 0 radical (unpaired) electrons. The van der Waals surface area contributed by atoms with Crippen molar-refractivity contribution in [1.82, 2.24) is 20.4 Å². The Bertz CT molecular complexity index is 90.6. The third-order valence-corrected chi connectivity index (χ3v) is 1.73. The second-order valence-electron chi connectivity index (χ2n) is 3.41. The van der Waals surface area contributed by atoms with Gasteiger partial charge < -0.3 is 10.6 Å². The molecule has 0 saturated heterocycles. The Morgan fingerprint density at radius 3 is 1.40 bits per heavy atom. The van der Waals surface area contributed by atoms with Crippen LogP contribution in [0.15, 0.2) is 0 Å². The fraction of sp³-hybridized carbons (Fsp3) is 1.00. The van der Waals surface area contributed by atoms with E-state index in [4.69, 9.17) is 0 Å². The van der Waals surface area contributed by atoms with Gasteiger partial charge in [-0.05, 0) is 41.3 Å². The summed E-state index contributed by atoms with van der Waals surface area (Å²) in [6, 6.07) is 0. The van der Waals surface area contributed by atoms with Gasteiger partial charge in [-0.2, -0.15) is 0 Å². The summed E-state index contributed by atoms with van der Waals surface area (Å²) in [5.41, 5.74) is 0. The van der Waals surface area contributed by atoms with Crippen LogP contribution < -0.4 is 10.6 Å². The van der Waals surface area contributed by atoms with Gasteiger partial charge in [0.1, 0.15) is 0 Å². The van der Waals surface area contributed by atoms with Gasteiger partial charge in [-0.25, -0.2) is 0 Å². The summed E-state index contributed by atoms with van der Waals surface area (Å²) < 4.78 is 0. The van der Waals surface area contributed by atoms with Crippen LogP contribution in [0, 0.1) is 0 Å². The second-order valence-corrected chi connectivity index (χ2v) is 3.41. The smallest absolute Gasteiger partial charge is 0.0500 e. The fourth-order valence-corrected chi connectivity index (χ4v) is 1.00. The third kappa shape index (κ3) is 20.0. The average Bonchev–Trinajstić information content (AvgIpc) is 2.16. The van der Waals surface area contributed by atoms with E-state index in [2.05, 4.69) is 48.4 Å². The monoisotopic (exact) mass is 220 g/mol. The van der Waals surface area contributed by atoms with E-state index in [-0.39, 0.29) is 7.43 Å². The van der Waals surface area contributed by atoms with Crippen LogP contribution in [0.25, 0.3) is 0 Å². The average molecular weight is 220 g/mol. The maximum Gasteiger partial charge on any atom is 0.0500 e. The van der Waals surface area contributed by atoms with Crippen molar-refractivity contribution in [3.05, 3.63) is 0 Å². The molecule has 0 amide bonds. The van der Waals surface area contributed by atoms with E-state index in [1.165, 1.54) is 0 Å². The maximum absolute atomic E-state index is 2.91. The molecular weight excluding hydrogens is 188 g/mol. The highest BCUT2D eigenvalue weighted by Gasteiger charge is 1.97. The van der Waals surface area contributed by atoms with E-state index in [0.29, 0.717) is 0 Å². The molecule has 4 heteroatoms. The van der Waals surface area contributed by atoms with E-state index in [0.717, 1.165) is 26.4 Å². The standard InChI is InChI=1S/C7H18N2.C3H10N2.CH4/c1-5-9(6-2)7-8(3)4;1-4-3-5-2;/h5-7H2,1-4H3;4-5H,3H2,1-2H3;1H4. The lowest BCUT2D eigenvalue weighted by Crippen LogP contribution is -2.33. The molecule has 0 saturated carbocycles. The summed E-state index contributed by atoms with van der Waals surface area (Å²) in [5.74, 6) is 0. The Morgan fingerprint density at radius 2 is 1.33 bits per heavy atom. The predicted octanol–water partition coefficient (Wildman–Crippen LogP) is 0.866. The summed E-state index contributed by atoms with van der Waals surface area (Å²) in [7, 11) is 7.99. The quantitative estimate of drug-likeness (QED) is 0.650. The van der Waals surface area contributed by atoms with Crippen LogP contribution in [-0.2, 0) is 0 Å². The molecule has 0 aromatic carbocycles. The lowest BCUT2D eigenvalue weighted by molar-refractivity contribution is 0.192. The van der Waals surface area contributed by atoms with Crippen LogP contribution in [0.5, 0.6) is 0 Å².